The smallest absolute Gasteiger partial charge is 0.490 e. The van der Waals surface area contributed by atoms with Crippen molar-refractivity contribution >= 4 is 22.8 Å². The molecule has 0 radical (unpaired) electrons. The third-order valence-corrected chi connectivity index (χ3v) is 5.39. The number of halogens is 1. The summed E-state index contributed by atoms with van der Waals surface area (Å²) in [6, 6.07) is 3.11. The Balaban J connectivity index is 0.000000302. The second-order valence-corrected chi connectivity index (χ2v) is 8.43. The van der Waals surface area contributed by atoms with Crippen molar-refractivity contribution in [2.24, 2.45) is 0 Å². The molecule has 8 nitrogen and oxygen atoms in total. The SMILES string of the molecule is CC(C)c1cc(F)cc(C(C)C)c1N[C-]=O.CN[C@H]1COc2c([S-](=O)=O)cnn2C1.[Na+]. The molecule has 2 heterocycles. The summed E-state index contributed by atoms with van der Waals surface area (Å²) in [5, 5.41) is 9.54. The van der Waals surface area contributed by atoms with E-state index >= 15 is 0 Å². The number of amides is 1. The Hall–Kier alpha value is -1.46. The second-order valence-electron chi connectivity index (χ2n) is 7.52. The largest absolute Gasteiger partial charge is 1.00 e. The summed E-state index contributed by atoms with van der Waals surface area (Å²) in [6.07, 6.45) is 2.97. The number of fused-ring (bicyclic) bond motifs is 1. The molecule has 0 bridgehead atoms. The molecule has 1 aliphatic rings. The van der Waals surface area contributed by atoms with Gasteiger partial charge >= 0.3 is 29.6 Å². The Morgan fingerprint density at radius 1 is 1.23 bits per heavy atom. The van der Waals surface area contributed by atoms with Crippen LogP contribution < -0.4 is 44.9 Å². The van der Waals surface area contributed by atoms with Crippen molar-refractivity contribution in [3.8, 4) is 5.88 Å². The Kier molecular flexibility index (Phi) is 11.2. The molecule has 0 aliphatic carbocycles. The van der Waals surface area contributed by atoms with E-state index in [4.69, 9.17) is 4.74 Å². The van der Waals surface area contributed by atoms with E-state index < -0.39 is 10.7 Å². The van der Waals surface area contributed by atoms with E-state index in [2.05, 4.69) is 15.7 Å². The number of nitrogens with zero attached hydrogens (tertiary/aromatic N) is 2. The number of hydrogen-bond acceptors (Lipinski definition) is 7. The minimum absolute atomic E-state index is 0. The molecule has 3 rings (SSSR count). The molecule has 166 valence electrons. The minimum Gasteiger partial charge on any atom is -0.490 e. The van der Waals surface area contributed by atoms with E-state index in [1.807, 2.05) is 34.7 Å². The zero-order chi connectivity index (χ0) is 22.4. The minimum atomic E-state index is -2.28. The monoisotopic (exact) mass is 461 g/mol. The zero-order valence-corrected chi connectivity index (χ0v) is 21.5. The van der Waals surface area contributed by atoms with Crippen LogP contribution in [0.5, 0.6) is 5.88 Å². The predicted octanol–water partition coefficient (Wildman–Crippen LogP) is 0.0873. The van der Waals surface area contributed by atoms with Crippen LogP contribution in [-0.2, 0) is 30.5 Å². The molecule has 1 aliphatic heterocycles. The van der Waals surface area contributed by atoms with Gasteiger partial charge in [0.25, 0.3) is 0 Å². The summed E-state index contributed by atoms with van der Waals surface area (Å²) in [4.78, 5) is 10.6. The first kappa shape index (κ1) is 27.6. The molecule has 0 unspecified atom stereocenters. The molecule has 1 aromatic heterocycles. The van der Waals surface area contributed by atoms with Crippen LogP contribution in [0.1, 0.15) is 50.7 Å². The van der Waals surface area contributed by atoms with Gasteiger partial charge in [0.05, 0.1) is 19.0 Å². The molecule has 0 saturated heterocycles. The zero-order valence-electron chi connectivity index (χ0n) is 18.7. The molecule has 0 spiro atoms. The maximum atomic E-state index is 13.4. The number of aromatic nitrogens is 2. The third kappa shape index (κ3) is 7.01. The van der Waals surface area contributed by atoms with Gasteiger partial charge in [0.15, 0.2) is 5.88 Å². The Labute approximate surface area is 206 Å². The molecule has 2 aromatic rings. The summed E-state index contributed by atoms with van der Waals surface area (Å²) >= 11 is 0. The first-order valence-electron chi connectivity index (χ1n) is 9.61. The molecular formula is C20H27FN4NaO4S-. The van der Waals surface area contributed by atoms with Gasteiger partial charge in [-0.25, -0.2) is 9.07 Å². The summed E-state index contributed by atoms with van der Waals surface area (Å²) in [7, 11) is -0.451. The van der Waals surface area contributed by atoms with Gasteiger partial charge in [0.1, 0.15) is 12.4 Å². The molecule has 0 fully saturated rings. The number of carbonyl (C=O) groups excluding carboxylic acids is 1. The Morgan fingerprint density at radius 3 is 2.26 bits per heavy atom. The number of benzene rings is 1. The normalized spacial score (nSPS) is 14.9. The van der Waals surface area contributed by atoms with Crippen LogP contribution in [-0.4, -0.2) is 35.9 Å². The third-order valence-electron chi connectivity index (χ3n) is 4.75. The average Bonchev–Trinajstić information content (AvgIpc) is 3.12. The predicted molar refractivity (Wildman–Crippen MR) is 111 cm³/mol. The maximum absolute atomic E-state index is 13.4. The summed E-state index contributed by atoms with van der Waals surface area (Å²) in [5.41, 5.74) is 2.32. The number of anilines is 1. The fraction of sp³-hybridized carbons (Fsp3) is 0.500. The molecule has 1 aromatic carbocycles. The first-order valence-corrected chi connectivity index (χ1v) is 10.7. The van der Waals surface area contributed by atoms with E-state index in [0.717, 1.165) is 11.1 Å². The van der Waals surface area contributed by atoms with E-state index in [1.54, 1.807) is 11.1 Å². The topological polar surface area (TPSA) is 102 Å². The quantitative estimate of drug-likeness (QED) is 0.274. The first-order chi connectivity index (χ1) is 14.2. The van der Waals surface area contributed by atoms with Gasteiger partial charge in [-0.15, -0.1) is 16.8 Å². The number of nitrogens with one attached hydrogen (secondary N) is 2. The van der Waals surface area contributed by atoms with Gasteiger partial charge < -0.3 is 28.6 Å². The van der Waals surface area contributed by atoms with Crippen molar-refractivity contribution in [2.75, 3.05) is 19.0 Å². The Morgan fingerprint density at radius 2 is 1.81 bits per heavy atom. The van der Waals surface area contributed by atoms with Gasteiger partial charge in [-0.3, -0.25) is 0 Å². The van der Waals surface area contributed by atoms with E-state index in [-0.39, 0.29) is 58.1 Å². The Bertz CT molecular complexity index is 926. The van der Waals surface area contributed by atoms with Crippen molar-refractivity contribution in [3.05, 3.63) is 35.3 Å². The molecule has 31 heavy (non-hydrogen) atoms. The summed E-state index contributed by atoms with van der Waals surface area (Å²) in [5.74, 6) is 0.391. The summed E-state index contributed by atoms with van der Waals surface area (Å²) < 4.78 is 41.8. The van der Waals surface area contributed by atoms with Gasteiger partial charge in [-0.05, 0) is 41.7 Å². The molecule has 1 atom stereocenters. The van der Waals surface area contributed by atoms with Crippen LogP contribution in [0.15, 0.2) is 23.2 Å². The van der Waals surface area contributed by atoms with Crippen LogP contribution in [0, 0.1) is 5.82 Å². The van der Waals surface area contributed by atoms with Crippen molar-refractivity contribution in [1.29, 1.82) is 0 Å². The summed E-state index contributed by atoms with van der Waals surface area (Å²) in [6.45, 7) is 8.96. The van der Waals surface area contributed by atoms with Crippen molar-refractivity contribution < 1.29 is 51.9 Å². The van der Waals surface area contributed by atoms with Crippen LogP contribution in [0.2, 0.25) is 0 Å². The van der Waals surface area contributed by atoms with Crippen LogP contribution in [0.25, 0.3) is 0 Å². The average molecular weight is 462 g/mol. The van der Waals surface area contributed by atoms with Crippen LogP contribution in [0.4, 0.5) is 10.1 Å². The van der Waals surface area contributed by atoms with Crippen molar-refractivity contribution in [2.45, 2.75) is 57.0 Å². The number of ether oxygens (including phenoxy) is 1. The van der Waals surface area contributed by atoms with Crippen molar-refractivity contribution in [1.82, 2.24) is 15.1 Å². The van der Waals surface area contributed by atoms with Crippen LogP contribution >= 0.6 is 0 Å². The van der Waals surface area contributed by atoms with Crippen LogP contribution in [0.3, 0.4) is 0 Å². The fourth-order valence-electron chi connectivity index (χ4n) is 3.12. The van der Waals surface area contributed by atoms with Gasteiger partial charge in [-0.1, -0.05) is 27.7 Å². The maximum Gasteiger partial charge on any atom is 1.00 e. The number of likely N-dealkylation sites (N-methyl/N-ethyl adjacent to an activating group) is 1. The molecule has 11 heteroatoms. The van der Waals surface area contributed by atoms with Gasteiger partial charge in [0, 0.05) is 11.1 Å². The van der Waals surface area contributed by atoms with E-state index in [0.29, 0.717) is 24.7 Å². The molecule has 2 N–H and O–H groups in total. The molecule has 0 saturated carbocycles. The molecule has 1 amide bonds. The van der Waals surface area contributed by atoms with Gasteiger partial charge in [0.2, 0.25) is 0 Å². The standard InChI is InChI=1S/C13H17FNO.C7H10N3O3S.Na/c1-8(2)11-5-10(14)6-12(9(3)4)13(11)15-7-16;1-8-5-3-10-7(13-4-5)6(2-9-10)14(11)12;/h5-6,8-9H,1-4H3,(H,15,16);2,5,8H,3-4H2,1H3;/q2*-1;+1/t;5-;/m.1./s1. The number of hydrogen-bond donors (Lipinski definition) is 2. The second kappa shape index (κ2) is 12.5. The van der Waals surface area contributed by atoms with E-state index in [9.17, 15) is 17.6 Å². The van der Waals surface area contributed by atoms with E-state index in [1.165, 1.54) is 18.3 Å². The van der Waals surface area contributed by atoms with Gasteiger partial charge in [-0.2, -0.15) is 5.10 Å². The van der Waals surface area contributed by atoms with Crippen molar-refractivity contribution in [3.63, 3.8) is 0 Å². The fourth-order valence-corrected chi connectivity index (χ4v) is 3.56. The molecular weight excluding hydrogens is 434 g/mol. The number of rotatable bonds is 6.